The maximum Gasteiger partial charge on any atom is 0.325 e. The molecule has 0 spiro atoms. The lowest BCUT2D eigenvalue weighted by Crippen LogP contribution is -2.59. The number of esters is 1. The molecule has 2 rings (SSSR count). The Labute approximate surface area is 135 Å². The van der Waals surface area contributed by atoms with Crippen LogP contribution in [0.4, 0.5) is 0 Å². The van der Waals surface area contributed by atoms with Crippen LogP contribution >= 0.6 is 0 Å². The summed E-state index contributed by atoms with van der Waals surface area (Å²) in [6.45, 7) is -0.417. The van der Waals surface area contributed by atoms with E-state index in [9.17, 15) is 21.6 Å². The van der Waals surface area contributed by atoms with Crippen molar-refractivity contribution in [1.82, 2.24) is 8.61 Å². The maximum absolute atomic E-state index is 12.6. The highest BCUT2D eigenvalue weighted by atomic mass is 32.2. The molecule has 1 aromatic carbocycles. The van der Waals surface area contributed by atoms with Crippen LogP contribution in [-0.4, -0.2) is 70.5 Å². The van der Waals surface area contributed by atoms with Crippen LogP contribution < -0.4 is 0 Å². The summed E-state index contributed by atoms with van der Waals surface area (Å²) in [6.07, 6.45) is 0.976. The zero-order valence-electron chi connectivity index (χ0n) is 12.7. The second kappa shape index (κ2) is 6.56. The smallest absolute Gasteiger partial charge is 0.325 e. The maximum atomic E-state index is 12.6. The van der Waals surface area contributed by atoms with Crippen LogP contribution in [0.15, 0.2) is 35.2 Å². The predicted octanol–water partition coefficient (Wildman–Crippen LogP) is -0.506. The number of rotatable bonds is 4. The molecule has 1 aliphatic heterocycles. The Bertz CT molecular complexity index is 776. The molecule has 1 fully saturated rings. The number of carbonyl (C=O) groups excluding carboxylic acids is 1. The van der Waals surface area contributed by atoms with Gasteiger partial charge in [-0.1, -0.05) is 18.2 Å². The first-order valence-corrected chi connectivity index (χ1v) is 10.1. The monoisotopic (exact) mass is 362 g/mol. The molecule has 1 aliphatic rings. The van der Waals surface area contributed by atoms with Crippen LogP contribution in [0, 0.1) is 0 Å². The molecule has 1 atom stereocenters. The van der Waals surface area contributed by atoms with Gasteiger partial charge < -0.3 is 4.74 Å². The Balaban J connectivity index is 2.33. The number of nitrogens with zero attached hydrogens (tertiary/aromatic N) is 2. The summed E-state index contributed by atoms with van der Waals surface area (Å²) in [4.78, 5) is 12.0. The van der Waals surface area contributed by atoms with Gasteiger partial charge in [0, 0.05) is 19.6 Å². The summed E-state index contributed by atoms with van der Waals surface area (Å²) in [5, 5.41) is 0. The summed E-state index contributed by atoms with van der Waals surface area (Å²) in [5.74, 6) is -0.789. The second-order valence-corrected chi connectivity index (χ2v) is 8.96. The summed E-state index contributed by atoms with van der Waals surface area (Å²) >= 11 is 0. The molecule has 0 aliphatic carbocycles. The van der Waals surface area contributed by atoms with E-state index in [0.29, 0.717) is 0 Å². The van der Waals surface area contributed by atoms with Gasteiger partial charge in [-0.3, -0.25) is 4.79 Å². The number of carbonyl (C=O) groups is 1. The SMILES string of the molecule is COC(=O)C1CN(S(=O)(=O)c2ccccc2)CCN1S(C)(=O)=O. The molecule has 0 radical (unpaired) electrons. The third-order valence-corrected chi connectivity index (χ3v) is 6.74. The average molecular weight is 362 g/mol. The Morgan fingerprint density at radius 2 is 1.74 bits per heavy atom. The van der Waals surface area contributed by atoms with Crippen molar-refractivity contribution in [3.63, 3.8) is 0 Å². The van der Waals surface area contributed by atoms with Crippen molar-refractivity contribution in [3.05, 3.63) is 30.3 Å². The summed E-state index contributed by atoms with van der Waals surface area (Å²) < 4.78 is 55.5. The molecule has 0 bridgehead atoms. The molecule has 1 saturated heterocycles. The van der Waals surface area contributed by atoms with Gasteiger partial charge in [0.25, 0.3) is 0 Å². The summed E-state index contributed by atoms with van der Waals surface area (Å²) in [6, 6.07) is 6.59. The summed E-state index contributed by atoms with van der Waals surface area (Å²) in [5.41, 5.74) is 0. The lowest BCUT2D eigenvalue weighted by molar-refractivity contribution is -0.146. The van der Waals surface area contributed by atoms with E-state index in [4.69, 9.17) is 0 Å². The Kier molecular flexibility index (Phi) is 5.09. The van der Waals surface area contributed by atoms with E-state index in [1.807, 2.05) is 0 Å². The zero-order chi connectivity index (χ0) is 17.3. The number of piperazine rings is 1. The van der Waals surface area contributed by atoms with Crippen LogP contribution in [0.25, 0.3) is 0 Å². The number of ether oxygens (including phenoxy) is 1. The van der Waals surface area contributed by atoms with Crippen molar-refractivity contribution in [1.29, 1.82) is 0 Å². The fourth-order valence-electron chi connectivity index (χ4n) is 2.43. The highest BCUT2D eigenvalue weighted by Gasteiger charge is 2.42. The minimum Gasteiger partial charge on any atom is -0.468 e. The molecule has 10 heteroatoms. The minimum atomic E-state index is -3.80. The highest BCUT2D eigenvalue weighted by molar-refractivity contribution is 7.89. The lowest BCUT2D eigenvalue weighted by atomic mass is 10.2. The van der Waals surface area contributed by atoms with Crippen LogP contribution in [0.5, 0.6) is 0 Å². The van der Waals surface area contributed by atoms with Gasteiger partial charge in [-0.25, -0.2) is 16.8 Å². The van der Waals surface area contributed by atoms with E-state index >= 15 is 0 Å². The van der Waals surface area contributed by atoms with Crippen molar-refractivity contribution in [2.24, 2.45) is 0 Å². The molecule has 1 aromatic rings. The normalized spacial score (nSPS) is 21.0. The van der Waals surface area contributed by atoms with Crippen molar-refractivity contribution in [2.45, 2.75) is 10.9 Å². The molecule has 0 aromatic heterocycles. The number of methoxy groups -OCH3 is 1. The largest absolute Gasteiger partial charge is 0.468 e. The van der Waals surface area contributed by atoms with E-state index in [0.717, 1.165) is 22.0 Å². The summed E-state index contributed by atoms with van der Waals surface area (Å²) in [7, 11) is -6.32. The highest BCUT2D eigenvalue weighted by Crippen LogP contribution is 2.22. The van der Waals surface area contributed by atoms with Crippen LogP contribution in [0.1, 0.15) is 0 Å². The van der Waals surface area contributed by atoms with Gasteiger partial charge >= 0.3 is 5.97 Å². The third-order valence-electron chi connectivity index (χ3n) is 3.57. The Morgan fingerprint density at radius 1 is 1.13 bits per heavy atom. The van der Waals surface area contributed by atoms with Crippen LogP contribution in [-0.2, 0) is 29.6 Å². The van der Waals surface area contributed by atoms with Crippen LogP contribution in [0.2, 0.25) is 0 Å². The predicted molar refractivity (Wildman–Crippen MR) is 82.6 cm³/mol. The van der Waals surface area contributed by atoms with Crippen LogP contribution in [0.3, 0.4) is 0 Å². The molecule has 0 N–H and O–H groups in total. The molecular weight excluding hydrogens is 344 g/mol. The second-order valence-electron chi connectivity index (χ2n) is 5.09. The first-order chi connectivity index (χ1) is 10.7. The number of sulfonamides is 2. The van der Waals surface area contributed by atoms with E-state index in [-0.39, 0.29) is 24.5 Å². The Morgan fingerprint density at radius 3 is 2.26 bits per heavy atom. The third kappa shape index (κ3) is 3.71. The number of hydrogen-bond donors (Lipinski definition) is 0. The van der Waals surface area contributed by atoms with E-state index in [1.54, 1.807) is 18.2 Å². The van der Waals surface area contributed by atoms with Gasteiger partial charge in [-0.2, -0.15) is 8.61 Å². The van der Waals surface area contributed by atoms with Crippen molar-refractivity contribution >= 4 is 26.0 Å². The standard InChI is InChI=1S/C13H18N2O6S2/c1-21-13(16)12-10-14(8-9-15(12)22(2,17)18)23(19,20)11-6-4-3-5-7-11/h3-7,12H,8-10H2,1-2H3. The number of benzene rings is 1. The molecule has 0 amide bonds. The van der Waals surface area contributed by atoms with Crippen molar-refractivity contribution in [2.75, 3.05) is 33.0 Å². The Hall–Kier alpha value is -1.49. The van der Waals surface area contributed by atoms with Gasteiger partial charge in [0.15, 0.2) is 0 Å². The fraction of sp³-hybridized carbons (Fsp3) is 0.462. The molecule has 1 unspecified atom stereocenters. The first kappa shape index (κ1) is 17.9. The van der Waals surface area contributed by atoms with E-state index in [1.165, 1.54) is 12.1 Å². The van der Waals surface area contributed by atoms with E-state index < -0.39 is 32.1 Å². The average Bonchev–Trinajstić information content (AvgIpc) is 2.53. The van der Waals surface area contributed by atoms with Gasteiger partial charge in [-0.05, 0) is 12.1 Å². The minimum absolute atomic E-state index is 0.0300. The quantitative estimate of drug-likeness (QED) is 0.669. The lowest BCUT2D eigenvalue weighted by Gasteiger charge is -2.37. The fourth-order valence-corrected chi connectivity index (χ4v) is 4.91. The molecule has 1 heterocycles. The molecule has 23 heavy (non-hydrogen) atoms. The van der Waals surface area contributed by atoms with Gasteiger partial charge in [0.1, 0.15) is 6.04 Å². The van der Waals surface area contributed by atoms with Crippen molar-refractivity contribution in [3.8, 4) is 0 Å². The molecule has 8 nitrogen and oxygen atoms in total. The first-order valence-electron chi connectivity index (χ1n) is 6.78. The topological polar surface area (TPSA) is 101 Å². The van der Waals surface area contributed by atoms with Gasteiger partial charge in [-0.15, -0.1) is 0 Å². The van der Waals surface area contributed by atoms with Gasteiger partial charge in [0.05, 0.1) is 18.3 Å². The van der Waals surface area contributed by atoms with Gasteiger partial charge in [0.2, 0.25) is 20.0 Å². The van der Waals surface area contributed by atoms with E-state index in [2.05, 4.69) is 4.74 Å². The zero-order valence-corrected chi connectivity index (χ0v) is 14.4. The molecular formula is C13H18N2O6S2. The molecule has 0 saturated carbocycles. The van der Waals surface area contributed by atoms with Crippen molar-refractivity contribution < 1.29 is 26.4 Å². The molecule has 128 valence electrons. The number of hydrogen-bond acceptors (Lipinski definition) is 6.